The maximum Gasteiger partial charge on any atom is 0.410 e. The number of likely N-dealkylation sites (tertiary alicyclic amines) is 2. The van der Waals surface area contributed by atoms with Crippen molar-refractivity contribution < 1.29 is 19.1 Å². The highest BCUT2D eigenvalue weighted by Gasteiger charge is 2.33. The number of aryl methyl sites for hydroxylation is 1. The van der Waals surface area contributed by atoms with Gasteiger partial charge in [0.15, 0.2) is 0 Å². The first-order valence-electron chi connectivity index (χ1n) is 14.5. The van der Waals surface area contributed by atoms with E-state index in [1.165, 1.54) is 5.56 Å². The lowest BCUT2D eigenvalue weighted by Crippen LogP contribution is -2.46. The van der Waals surface area contributed by atoms with Crippen LogP contribution in [0.4, 0.5) is 4.79 Å². The zero-order valence-corrected chi connectivity index (χ0v) is 24.0. The monoisotopic (exact) mass is 537 g/mol. The molecule has 5 rings (SSSR count). The summed E-state index contributed by atoms with van der Waals surface area (Å²) in [6.07, 6.45) is 4.95. The molecule has 1 unspecified atom stereocenters. The lowest BCUT2D eigenvalue weighted by Gasteiger charge is -2.41. The average molecular weight is 538 g/mol. The van der Waals surface area contributed by atoms with Crippen molar-refractivity contribution in [3.8, 4) is 0 Å². The summed E-state index contributed by atoms with van der Waals surface area (Å²) in [5, 5.41) is 8.17. The fraction of sp³-hybridized carbons (Fsp3) is 0.667. The van der Waals surface area contributed by atoms with Gasteiger partial charge in [0.2, 0.25) is 11.8 Å². The second-order valence-electron chi connectivity index (χ2n) is 12.8. The van der Waals surface area contributed by atoms with Crippen LogP contribution in [-0.2, 0) is 21.4 Å². The summed E-state index contributed by atoms with van der Waals surface area (Å²) < 4.78 is 7.42. The molecule has 0 aliphatic carbocycles. The SMILES string of the molecule is C[C@H]1C[C@@H](c2ccc3c(C4CCC(=O)NC4=O)nn(C)c3c2)CCN1CC1CCN(C(=O)OC(C)(C)C)CC1. The Hall–Kier alpha value is -2.94. The van der Waals surface area contributed by atoms with Crippen molar-refractivity contribution in [2.45, 2.75) is 89.7 Å². The van der Waals surface area contributed by atoms with Crippen LogP contribution in [0, 0.1) is 5.92 Å². The van der Waals surface area contributed by atoms with E-state index in [1.54, 1.807) is 0 Å². The van der Waals surface area contributed by atoms with E-state index in [4.69, 9.17) is 9.84 Å². The Morgan fingerprint density at radius 1 is 1.10 bits per heavy atom. The molecular weight excluding hydrogens is 494 g/mol. The molecule has 3 atom stereocenters. The molecule has 39 heavy (non-hydrogen) atoms. The van der Waals surface area contributed by atoms with Gasteiger partial charge in [-0.3, -0.25) is 19.6 Å². The van der Waals surface area contributed by atoms with Crippen LogP contribution >= 0.6 is 0 Å². The Bertz CT molecular complexity index is 1240. The molecule has 1 aromatic heterocycles. The molecule has 9 heteroatoms. The fourth-order valence-electron chi connectivity index (χ4n) is 6.52. The number of ether oxygens (including phenoxy) is 1. The maximum absolute atomic E-state index is 12.5. The summed E-state index contributed by atoms with van der Waals surface area (Å²) in [4.78, 5) is 41.0. The summed E-state index contributed by atoms with van der Waals surface area (Å²) in [5.41, 5.74) is 2.69. The largest absolute Gasteiger partial charge is 0.444 e. The Morgan fingerprint density at radius 3 is 2.51 bits per heavy atom. The number of hydrogen-bond acceptors (Lipinski definition) is 6. The van der Waals surface area contributed by atoms with E-state index in [9.17, 15) is 14.4 Å². The number of carbonyl (C=O) groups is 3. The van der Waals surface area contributed by atoms with Crippen LogP contribution in [0.15, 0.2) is 18.2 Å². The predicted octanol–water partition coefficient (Wildman–Crippen LogP) is 4.31. The highest BCUT2D eigenvalue weighted by molar-refractivity contribution is 6.02. The number of amides is 3. The van der Waals surface area contributed by atoms with E-state index in [-0.39, 0.29) is 23.8 Å². The molecule has 2 aromatic rings. The van der Waals surface area contributed by atoms with Crippen molar-refractivity contribution in [1.29, 1.82) is 0 Å². The van der Waals surface area contributed by atoms with Crippen LogP contribution < -0.4 is 5.32 Å². The highest BCUT2D eigenvalue weighted by atomic mass is 16.6. The third kappa shape index (κ3) is 6.13. The average Bonchev–Trinajstić information content (AvgIpc) is 3.20. The van der Waals surface area contributed by atoms with Crippen molar-refractivity contribution in [2.75, 3.05) is 26.2 Å². The Morgan fingerprint density at radius 2 is 1.85 bits per heavy atom. The second kappa shape index (κ2) is 10.9. The standard InChI is InChI=1S/C30H43N5O4/c1-19-16-22(12-15-35(19)18-20-10-13-34(14-11-20)29(38)39-30(2,3)4)21-6-7-23-25(17-21)33(5)32-27(23)24-8-9-26(36)31-28(24)37/h6-7,17,19-20,22,24H,8-16,18H2,1-5H3,(H,31,36,37)/t19-,22-,24?/m0/s1. The molecule has 0 spiro atoms. The third-order valence-electron chi connectivity index (χ3n) is 8.72. The molecular formula is C30H43N5O4. The number of nitrogens with zero attached hydrogens (tertiary/aromatic N) is 4. The first kappa shape index (κ1) is 27.6. The minimum Gasteiger partial charge on any atom is -0.444 e. The van der Waals surface area contributed by atoms with Crippen LogP contribution in [0.3, 0.4) is 0 Å². The molecule has 3 amide bonds. The van der Waals surface area contributed by atoms with Crippen LogP contribution in [0.5, 0.6) is 0 Å². The Balaban J connectivity index is 1.18. The molecule has 0 bridgehead atoms. The number of nitrogens with one attached hydrogen (secondary N) is 1. The molecule has 4 heterocycles. The van der Waals surface area contributed by atoms with Crippen molar-refractivity contribution >= 4 is 28.8 Å². The predicted molar refractivity (Wildman–Crippen MR) is 149 cm³/mol. The van der Waals surface area contributed by atoms with Gasteiger partial charge < -0.3 is 14.5 Å². The third-order valence-corrected chi connectivity index (χ3v) is 8.72. The fourth-order valence-corrected chi connectivity index (χ4v) is 6.52. The highest BCUT2D eigenvalue weighted by Crippen LogP contribution is 2.36. The molecule has 9 nitrogen and oxygen atoms in total. The number of fused-ring (bicyclic) bond motifs is 1. The van der Waals surface area contributed by atoms with E-state index in [0.29, 0.717) is 30.7 Å². The molecule has 3 fully saturated rings. The van der Waals surface area contributed by atoms with Gasteiger partial charge >= 0.3 is 6.09 Å². The van der Waals surface area contributed by atoms with Crippen LogP contribution in [0.25, 0.3) is 10.9 Å². The van der Waals surface area contributed by atoms with E-state index in [2.05, 4.69) is 35.3 Å². The van der Waals surface area contributed by atoms with Gasteiger partial charge in [-0.1, -0.05) is 12.1 Å². The number of benzene rings is 1. The van der Waals surface area contributed by atoms with Gasteiger partial charge in [-0.2, -0.15) is 5.10 Å². The number of hydrogen-bond donors (Lipinski definition) is 1. The van der Waals surface area contributed by atoms with Crippen molar-refractivity contribution in [3.05, 3.63) is 29.5 Å². The molecule has 3 saturated heterocycles. The summed E-state index contributed by atoms with van der Waals surface area (Å²) in [6.45, 7) is 11.8. The van der Waals surface area contributed by atoms with E-state index in [1.807, 2.05) is 37.4 Å². The summed E-state index contributed by atoms with van der Waals surface area (Å²) in [6, 6.07) is 7.07. The van der Waals surface area contributed by atoms with Crippen molar-refractivity contribution in [1.82, 2.24) is 24.9 Å². The van der Waals surface area contributed by atoms with E-state index >= 15 is 0 Å². The van der Waals surface area contributed by atoms with Gasteiger partial charge in [0.1, 0.15) is 5.60 Å². The Kier molecular flexibility index (Phi) is 7.73. The number of imide groups is 1. The summed E-state index contributed by atoms with van der Waals surface area (Å²) >= 11 is 0. The first-order chi connectivity index (χ1) is 18.5. The minimum absolute atomic E-state index is 0.190. The smallest absolute Gasteiger partial charge is 0.410 e. The summed E-state index contributed by atoms with van der Waals surface area (Å²) in [5.74, 6) is 0.275. The Labute approximate surface area is 231 Å². The zero-order valence-electron chi connectivity index (χ0n) is 24.0. The van der Waals surface area contributed by atoms with E-state index < -0.39 is 5.60 Å². The van der Waals surface area contributed by atoms with Crippen LogP contribution in [-0.4, -0.2) is 75.3 Å². The maximum atomic E-state index is 12.5. The van der Waals surface area contributed by atoms with Crippen LogP contribution in [0.1, 0.15) is 89.3 Å². The van der Waals surface area contributed by atoms with Crippen LogP contribution in [0.2, 0.25) is 0 Å². The molecule has 1 aromatic carbocycles. The quantitative estimate of drug-likeness (QED) is 0.584. The molecule has 0 radical (unpaired) electrons. The number of rotatable bonds is 4. The zero-order chi connectivity index (χ0) is 27.9. The number of piperidine rings is 3. The van der Waals surface area contributed by atoms with Crippen molar-refractivity contribution in [2.24, 2.45) is 13.0 Å². The summed E-state index contributed by atoms with van der Waals surface area (Å²) in [7, 11) is 1.93. The topological polar surface area (TPSA) is 96.8 Å². The van der Waals surface area contributed by atoms with Gasteiger partial charge in [0, 0.05) is 44.5 Å². The minimum atomic E-state index is -0.454. The molecule has 212 valence electrons. The normalized spacial score (nSPS) is 25.7. The lowest BCUT2D eigenvalue weighted by molar-refractivity contribution is -0.134. The lowest BCUT2D eigenvalue weighted by atomic mass is 9.84. The van der Waals surface area contributed by atoms with Gasteiger partial charge in [0.25, 0.3) is 0 Å². The molecule has 0 saturated carbocycles. The second-order valence-corrected chi connectivity index (χ2v) is 12.8. The van der Waals surface area contributed by atoms with Gasteiger partial charge in [-0.25, -0.2) is 4.79 Å². The number of carbonyl (C=O) groups excluding carboxylic acids is 3. The first-order valence-corrected chi connectivity index (χ1v) is 14.5. The molecule has 1 N–H and O–H groups in total. The molecule has 3 aliphatic heterocycles. The van der Waals surface area contributed by atoms with Gasteiger partial charge in [0.05, 0.1) is 17.1 Å². The number of aromatic nitrogens is 2. The van der Waals surface area contributed by atoms with Gasteiger partial charge in [-0.15, -0.1) is 0 Å². The van der Waals surface area contributed by atoms with Crippen molar-refractivity contribution in [3.63, 3.8) is 0 Å². The molecule has 3 aliphatic rings. The van der Waals surface area contributed by atoms with E-state index in [0.717, 1.165) is 68.5 Å². The van der Waals surface area contributed by atoms with Gasteiger partial charge in [-0.05, 0) is 89.8 Å².